The van der Waals surface area contributed by atoms with Gasteiger partial charge in [0, 0.05) is 36.7 Å². The fourth-order valence-electron chi connectivity index (χ4n) is 1.62. The summed E-state index contributed by atoms with van der Waals surface area (Å²) in [7, 11) is 1.88. The van der Waals surface area contributed by atoms with Crippen molar-refractivity contribution in [2.24, 2.45) is 7.05 Å². The summed E-state index contributed by atoms with van der Waals surface area (Å²) in [6, 6.07) is 9.08. The molecule has 2 aromatic rings. The van der Waals surface area contributed by atoms with Gasteiger partial charge in [0.1, 0.15) is 0 Å². The van der Waals surface area contributed by atoms with E-state index in [1.807, 2.05) is 19.3 Å². The van der Waals surface area contributed by atoms with E-state index in [-0.39, 0.29) is 5.91 Å². The number of carbonyl (C=O) groups is 1. The third-order valence-electron chi connectivity index (χ3n) is 2.57. The Bertz CT molecular complexity index is 533. The van der Waals surface area contributed by atoms with Crippen molar-refractivity contribution in [1.29, 1.82) is 0 Å². The third-order valence-corrected chi connectivity index (χ3v) is 2.86. The van der Waals surface area contributed by atoms with Crippen LogP contribution in [0.1, 0.15) is 16.1 Å². The fourth-order valence-corrected chi connectivity index (χ4v) is 1.76. The maximum Gasteiger partial charge on any atom is 0.251 e. The highest BCUT2D eigenvalue weighted by atomic mass is 32.1. The Morgan fingerprint density at radius 1 is 1.33 bits per heavy atom. The van der Waals surface area contributed by atoms with E-state index in [0.29, 0.717) is 12.1 Å². The average molecular weight is 261 g/mol. The minimum Gasteiger partial charge on any atom is -0.352 e. The van der Waals surface area contributed by atoms with Crippen molar-refractivity contribution < 1.29 is 4.79 Å². The minimum atomic E-state index is -0.0701. The van der Waals surface area contributed by atoms with E-state index in [0.717, 1.165) is 17.0 Å². The standard InChI is InChI=1S/C13H15N3OS/c1-16-9-7-11(15-16)6-8-14-13(17)10-2-4-12(18)5-3-10/h2-5,7,9,18H,6,8H2,1H3,(H,14,17). The lowest BCUT2D eigenvalue weighted by Gasteiger charge is -2.04. The van der Waals surface area contributed by atoms with E-state index in [4.69, 9.17) is 0 Å². The molecule has 0 fully saturated rings. The largest absolute Gasteiger partial charge is 0.352 e. The van der Waals surface area contributed by atoms with Crippen molar-refractivity contribution in [2.75, 3.05) is 6.54 Å². The lowest BCUT2D eigenvalue weighted by Crippen LogP contribution is -2.25. The summed E-state index contributed by atoms with van der Waals surface area (Å²) >= 11 is 4.18. The molecule has 1 amide bonds. The second-order valence-corrected chi connectivity index (χ2v) is 4.55. The van der Waals surface area contributed by atoms with Crippen LogP contribution < -0.4 is 5.32 Å². The van der Waals surface area contributed by atoms with Crippen LogP contribution >= 0.6 is 12.6 Å². The highest BCUT2D eigenvalue weighted by molar-refractivity contribution is 7.80. The van der Waals surface area contributed by atoms with Crippen LogP contribution in [0.2, 0.25) is 0 Å². The first-order valence-corrected chi connectivity index (χ1v) is 6.15. The highest BCUT2D eigenvalue weighted by Crippen LogP contribution is 2.07. The quantitative estimate of drug-likeness (QED) is 0.823. The maximum absolute atomic E-state index is 11.8. The summed E-state index contributed by atoms with van der Waals surface area (Å²) in [4.78, 5) is 12.6. The Morgan fingerprint density at radius 2 is 2.06 bits per heavy atom. The van der Waals surface area contributed by atoms with Gasteiger partial charge in [0.2, 0.25) is 0 Å². The molecule has 0 aliphatic heterocycles. The second-order valence-electron chi connectivity index (χ2n) is 4.03. The number of rotatable bonds is 4. The molecule has 0 bridgehead atoms. The Hall–Kier alpha value is -1.75. The number of aryl methyl sites for hydroxylation is 1. The number of hydrogen-bond acceptors (Lipinski definition) is 3. The molecule has 0 aliphatic carbocycles. The van der Waals surface area contributed by atoms with Crippen LogP contribution in [0.3, 0.4) is 0 Å². The number of aromatic nitrogens is 2. The molecule has 4 nitrogen and oxygen atoms in total. The fraction of sp³-hybridized carbons (Fsp3) is 0.231. The van der Waals surface area contributed by atoms with E-state index >= 15 is 0 Å². The number of nitrogens with zero attached hydrogens (tertiary/aromatic N) is 2. The third kappa shape index (κ3) is 3.37. The molecule has 0 atom stereocenters. The van der Waals surface area contributed by atoms with E-state index in [1.54, 1.807) is 28.9 Å². The number of nitrogens with one attached hydrogen (secondary N) is 1. The van der Waals surface area contributed by atoms with Crippen molar-refractivity contribution in [2.45, 2.75) is 11.3 Å². The van der Waals surface area contributed by atoms with Gasteiger partial charge in [0.15, 0.2) is 0 Å². The molecule has 94 valence electrons. The Morgan fingerprint density at radius 3 is 2.67 bits per heavy atom. The van der Waals surface area contributed by atoms with Crippen LogP contribution in [0.5, 0.6) is 0 Å². The first-order valence-electron chi connectivity index (χ1n) is 5.71. The molecule has 0 unspecified atom stereocenters. The molecule has 2 rings (SSSR count). The molecule has 1 aromatic carbocycles. The molecule has 0 radical (unpaired) electrons. The van der Waals surface area contributed by atoms with Gasteiger partial charge >= 0.3 is 0 Å². The van der Waals surface area contributed by atoms with Crippen LogP contribution in [0.4, 0.5) is 0 Å². The first kappa shape index (κ1) is 12.7. The van der Waals surface area contributed by atoms with Gasteiger partial charge in [-0.15, -0.1) is 12.6 Å². The minimum absolute atomic E-state index is 0.0701. The summed E-state index contributed by atoms with van der Waals surface area (Å²) in [5.74, 6) is -0.0701. The normalized spacial score (nSPS) is 10.3. The zero-order valence-electron chi connectivity index (χ0n) is 10.1. The number of amides is 1. The monoisotopic (exact) mass is 261 g/mol. The lowest BCUT2D eigenvalue weighted by molar-refractivity contribution is 0.0954. The summed E-state index contributed by atoms with van der Waals surface area (Å²) < 4.78 is 1.75. The second kappa shape index (κ2) is 5.73. The summed E-state index contributed by atoms with van der Waals surface area (Å²) in [5.41, 5.74) is 1.62. The Balaban J connectivity index is 1.83. The molecular formula is C13H15N3OS. The molecule has 1 aromatic heterocycles. The molecule has 0 saturated heterocycles. The predicted molar refractivity (Wildman–Crippen MR) is 72.9 cm³/mol. The zero-order chi connectivity index (χ0) is 13.0. The number of benzene rings is 1. The van der Waals surface area contributed by atoms with Crippen molar-refractivity contribution in [1.82, 2.24) is 15.1 Å². The molecule has 0 spiro atoms. The van der Waals surface area contributed by atoms with Crippen LogP contribution in [-0.2, 0) is 13.5 Å². The summed E-state index contributed by atoms with van der Waals surface area (Å²) in [6.45, 7) is 0.582. The van der Waals surface area contributed by atoms with Gasteiger partial charge in [-0.25, -0.2) is 0 Å². The number of thiol groups is 1. The lowest BCUT2D eigenvalue weighted by atomic mass is 10.2. The van der Waals surface area contributed by atoms with Gasteiger partial charge in [-0.3, -0.25) is 9.48 Å². The van der Waals surface area contributed by atoms with E-state index in [2.05, 4.69) is 23.0 Å². The Kier molecular flexibility index (Phi) is 4.04. The van der Waals surface area contributed by atoms with Crippen LogP contribution in [-0.4, -0.2) is 22.2 Å². The molecule has 0 saturated carbocycles. The van der Waals surface area contributed by atoms with E-state index in [1.165, 1.54) is 0 Å². The summed E-state index contributed by atoms with van der Waals surface area (Å²) in [6.07, 6.45) is 2.62. The van der Waals surface area contributed by atoms with Crippen molar-refractivity contribution in [3.05, 3.63) is 47.8 Å². The van der Waals surface area contributed by atoms with Gasteiger partial charge in [-0.1, -0.05) is 0 Å². The Labute approximate surface area is 111 Å². The van der Waals surface area contributed by atoms with Crippen molar-refractivity contribution >= 4 is 18.5 Å². The predicted octanol–water partition coefficient (Wildman–Crippen LogP) is 1.68. The highest BCUT2D eigenvalue weighted by Gasteiger charge is 2.04. The molecular weight excluding hydrogens is 246 g/mol. The van der Waals surface area contributed by atoms with Crippen LogP contribution in [0, 0.1) is 0 Å². The smallest absolute Gasteiger partial charge is 0.251 e. The van der Waals surface area contributed by atoms with Crippen LogP contribution in [0.25, 0.3) is 0 Å². The molecule has 18 heavy (non-hydrogen) atoms. The van der Waals surface area contributed by atoms with Gasteiger partial charge in [-0.05, 0) is 30.3 Å². The van der Waals surface area contributed by atoms with E-state index < -0.39 is 0 Å². The van der Waals surface area contributed by atoms with E-state index in [9.17, 15) is 4.79 Å². The van der Waals surface area contributed by atoms with Crippen LogP contribution in [0.15, 0.2) is 41.4 Å². The number of carbonyl (C=O) groups excluding carboxylic acids is 1. The molecule has 0 aliphatic rings. The van der Waals surface area contributed by atoms with Gasteiger partial charge in [0.25, 0.3) is 5.91 Å². The van der Waals surface area contributed by atoms with Gasteiger partial charge < -0.3 is 5.32 Å². The van der Waals surface area contributed by atoms with Gasteiger partial charge in [-0.2, -0.15) is 5.10 Å². The summed E-state index contributed by atoms with van der Waals surface area (Å²) in [5, 5.41) is 7.11. The average Bonchev–Trinajstić information content (AvgIpc) is 2.76. The maximum atomic E-state index is 11.8. The zero-order valence-corrected chi connectivity index (χ0v) is 11.0. The SMILES string of the molecule is Cn1ccc(CCNC(=O)c2ccc(S)cc2)n1. The topological polar surface area (TPSA) is 46.9 Å². The van der Waals surface area contributed by atoms with Gasteiger partial charge in [0.05, 0.1) is 5.69 Å². The number of hydrogen-bond donors (Lipinski definition) is 2. The molecule has 1 heterocycles. The van der Waals surface area contributed by atoms with Crippen molar-refractivity contribution in [3.63, 3.8) is 0 Å². The first-order chi connectivity index (χ1) is 8.65. The van der Waals surface area contributed by atoms with Crippen molar-refractivity contribution in [3.8, 4) is 0 Å². The molecule has 5 heteroatoms. The molecule has 1 N–H and O–H groups in total.